The van der Waals surface area contributed by atoms with Crippen LogP contribution in [-0.2, 0) is 17.6 Å². The van der Waals surface area contributed by atoms with Crippen LogP contribution >= 0.6 is 11.8 Å². The van der Waals surface area contributed by atoms with Gasteiger partial charge in [0.25, 0.3) is 0 Å². The van der Waals surface area contributed by atoms with E-state index in [1.165, 1.54) is 30.3 Å². The Morgan fingerprint density at radius 2 is 2.47 bits per heavy atom. The molecule has 1 aliphatic rings. The summed E-state index contributed by atoms with van der Waals surface area (Å²) in [6.45, 7) is 0. The van der Waals surface area contributed by atoms with Crippen molar-refractivity contribution in [1.29, 1.82) is 0 Å². The van der Waals surface area contributed by atoms with Crippen LogP contribution in [-0.4, -0.2) is 26.6 Å². The molecule has 0 spiro atoms. The van der Waals surface area contributed by atoms with Gasteiger partial charge in [-0.25, -0.2) is 0 Å². The van der Waals surface area contributed by atoms with E-state index in [0.29, 0.717) is 5.92 Å². The van der Waals surface area contributed by atoms with Gasteiger partial charge in [-0.2, -0.15) is 5.10 Å². The third kappa shape index (κ3) is 2.75. The minimum absolute atomic E-state index is 0.157. The van der Waals surface area contributed by atoms with Crippen LogP contribution in [0.15, 0.2) is 6.07 Å². The van der Waals surface area contributed by atoms with Gasteiger partial charge in [0, 0.05) is 24.4 Å². The zero-order chi connectivity index (χ0) is 10.8. The fraction of sp³-hybridized carbons (Fsp3) is 0.600. The third-order valence-corrected chi connectivity index (χ3v) is 3.42. The Bertz CT molecular complexity index is 371. The molecular formula is C10H14N2O2S. The highest BCUT2D eigenvalue weighted by molar-refractivity contribution is 7.99. The number of hydrogen-bond donors (Lipinski definition) is 1. The molecule has 15 heavy (non-hydrogen) atoms. The molecule has 1 saturated carbocycles. The smallest absolute Gasteiger partial charge is 0.313 e. The maximum atomic E-state index is 10.4. The number of carbonyl (C=O) groups is 1. The first-order valence-electron chi connectivity index (χ1n) is 4.99. The number of aromatic nitrogens is 2. The van der Waals surface area contributed by atoms with Gasteiger partial charge in [0.15, 0.2) is 0 Å². The molecule has 0 bridgehead atoms. The molecule has 2 rings (SSSR count). The summed E-state index contributed by atoms with van der Waals surface area (Å²) in [5, 5.41) is 12.9. The van der Waals surface area contributed by atoms with Crippen LogP contribution in [0.25, 0.3) is 0 Å². The van der Waals surface area contributed by atoms with E-state index >= 15 is 0 Å². The van der Waals surface area contributed by atoms with E-state index in [2.05, 4.69) is 11.2 Å². The predicted molar refractivity (Wildman–Crippen MR) is 59.0 cm³/mol. The number of thioether (sulfide) groups is 1. The molecule has 0 aliphatic heterocycles. The number of rotatable bonds is 5. The molecule has 0 unspecified atom stereocenters. The Kier molecular flexibility index (Phi) is 3.00. The van der Waals surface area contributed by atoms with Crippen LogP contribution in [0.4, 0.5) is 0 Å². The summed E-state index contributed by atoms with van der Waals surface area (Å²) >= 11 is 1.41. The molecule has 1 aromatic heterocycles. The van der Waals surface area contributed by atoms with E-state index in [-0.39, 0.29) is 5.75 Å². The monoisotopic (exact) mass is 226 g/mol. The maximum Gasteiger partial charge on any atom is 0.313 e. The highest BCUT2D eigenvalue weighted by atomic mass is 32.2. The van der Waals surface area contributed by atoms with E-state index in [9.17, 15) is 4.79 Å². The summed E-state index contributed by atoms with van der Waals surface area (Å²) in [6.07, 6.45) is 2.50. The van der Waals surface area contributed by atoms with Crippen molar-refractivity contribution in [2.24, 2.45) is 7.05 Å². The zero-order valence-electron chi connectivity index (χ0n) is 8.64. The van der Waals surface area contributed by atoms with Crippen LogP contribution in [0.1, 0.15) is 30.1 Å². The van der Waals surface area contributed by atoms with Gasteiger partial charge in [-0.15, -0.1) is 11.8 Å². The normalized spacial score (nSPS) is 15.5. The van der Waals surface area contributed by atoms with Crippen molar-refractivity contribution in [3.8, 4) is 0 Å². The fourth-order valence-electron chi connectivity index (χ4n) is 1.49. The lowest BCUT2D eigenvalue weighted by atomic mass is 10.3. The summed E-state index contributed by atoms with van der Waals surface area (Å²) in [5.41, 5.74) is 2.28. The quantitative estimate of drug-likeness (QED) is 0.828. The predicted octanol–water partition coefficient (Wildman–Crippen LogP) is 1.62. The Hall–Kier alpha value is -0.970. The van der Waals surface area contributed by atoms with Crippen LogP contribution in [0.3, 0.4) is 0 Å². The van der Waals surface area contributed by atoms with Crippen LogP contribution in [0, 0.1) is 0 Å². The van der Waals surface area contributed by atoms with Gasteiger partial charge in [-0.3, -0.25) is 9.48 Å². The van der Waals surface area contributed by atoms with Gasteiger partial charge in [-0.05, 0) is 18.9 Å². The number of carboxylic acids is 1. The molecular weight excluding hydrogens is 212 g/mol. The molecule has 1 fully saturated rings. The van der Waals surface area contributed by atoms with E-state index in [4.69, 9.17) is 5.11 Å². The molecule has 1 N–H and O–H groups in total. The van der Waals surface area contributed by atoms with Gasteiger partial charge in [0.05, 0.1) is 11.4 Å². The molecule has 1 heterocycles. The van der Waals surface area contributed by atoms with Crippen LogP contribution in [0.2, 0.25) is 0 Å². The largest absolute Gasteiger partial charge is 0.481 e. The van der Waals surface area contributed by atoms with Gasteiger partial charge >= 0.3 is 5.97 Å². The van der Waals surface area contributed by atoms with Crippen molar-refractivity contribution in [2.75, 3.05) is 5.75 Å². The minimum atomic E-state index is -0.760. The molecule has 0 atom stereocenters. The lowest BCUT2D eigenvalue weighted by Gasteiger charge is -1.98. The average Bonchev–Trinajstić information content (AvgIpc) is 2.93. The zero-order valence-corrected chi connectivity index (χ0v) is 9.46. The highest BCUT2D eigenvalue weighted by Gasteiger charge is 2.26. The van der Waals surface area contributed by atoms with E-state index in [1.807, 2.05) is 11.7 Å². The lowest BCUT2D eigenvalue weighted by molar-refractivity contribution is -0.133. The SMILES string of the molecule is Cn1nc(C2CC2)cc1CSCC(=O)O. The first kappa shape index (κ1) is 10.5. The summed E-state index contributed by atoms with van der Waals surface area (Å²) < 4.78 is 1.86. The second kappa shape index (κ2) is 4.26. The van der Waals surface area contributed by atoms with Crippen molar-refractivity contribution < 1.29 is 9.90 Å². The minimum Gasteiger partial charge on any atom is -0.481 e. The lowest BCUT2D eigenvalue weighted by Crippen LogP contribution is -2.01. The van der Waals surface area contributed by atoms with Crippen molar-refractivity contribution in [3.05, 3.63) is 17.5 Å². The summed E-state index contributed by atoms with van der Waals surface area (Å²) in [6, 6.07) is 2.10. The van der Waals surface area contributed by atoms with Crippen molar-refractivity contribution in [2.45, 2.75) is 24.5 Å². The first-order chi connectivity index (χ1) is 7.16. The number of aliphatic carboxylic acids is 1. The molecule has 1 aliphatic carbocycles. The number of aryl methyl sites for hydroxylation is 1. The second-order valence-electron chi connectivity index (χ2n) is 3.84. The van der Waals surface area contributed by atoms with Crippen molar-refractivity contribution in [3.63, 3.8) is 0 Å². The Balaban J connectivity index is 1.92. The van der Waals surface area contributed by atoms with E-state index < -0.39 is 5.97 Å². The number of nitrogens with zero attached hydrogens (tertiary/aromatic N) is 2. The van der Waals surface area contributed by atoms with Crippen molar-refractivity contribution in [1.82, 2.24) is 9.78 Å². The molecule has 0 amide bonds. The van der Waals surface area contributed by atoms with E-state index in [0.717, 1.165) is 11.4 Å². The average molecular weight is 226 g/mol. The second-order valence-corrected chi connectivity index (χ2v) is 4.83. The Morgan fingerprint density at radius 3 is 3.07 bits per heavy atom. The summed E-state index contributed by atoms with van der Waals surface area (Å²) in [7, 11) is 1.92. The highest BCUT2D eigenvalue weighted by Crippen LogP contribution is 2.39. The van der Waals surface area contributed by atoms with Gasteiger partial charge < -0.3 is 5.11 Å². The molecule has 1 aromatic rings. The van der Waals surface area contributed by atoms with Crippen LogP contribution in [0.5, 0.6) is 0 Å². The first-order valence-corrected chi connectivity index (χ1v) is 6.14. The summed E-state index contributed by atoms with van der Waals surface area (Å²) in [5.74, 6) is 0.783. The Morgan fingerprint density at radius 1 is 1.73 bits per heavy atom. The fourth-order valence-corrected chi connectivity index (χ4v) is 2.24. The standard InChI is InChI=1S/C10H14N2O2S/c1-12-8(5-15-6-10(13)14)4-9(11-12)7-2-3-7/h4,7H,2-3,5-6H2,1H3,(H,13,14). The molecule has 82 valence electrons. The van der Waals surface area contributed by atoms with Crippen molar-refractivity contribution >= 4 is 17.7 Å². The number of hydrogen-bond acceptors (Lipinski definition) is 3. The number of carboxylic acid groups (broad SMARTS) is 1. The topological polar surface area (TPSA) is 55.1 Å². The van der Waals surface area contributed by atoms with E-state index in [1.54, 1.807) is 0 Å². The third-order valence-electron chi connectivity index (χ3n) is 2.47. The molecule has 4 nitrogen and oxygen atoms in total. The van der Waals surface area contributed by atoms with Gasteiger partial charge in [0.2, 0.25) is 0 Å². The molecule has 0 radical (unpaired) electrons. The van der Waals surface area contributed by atoms with Crippen LogP contribution < -0.4 is 0 Å². The summed E-state index contributed by atoms with van der Waals surface area (Å²) in [4.78, 5) is 10.4. The van der Waals surface area contributed by atoms with Gasteiger partial charge in [-0.1, -0.05) is 0 Å². The maximum absolute atomic E-state index is 10.4. The Labute approximate surface area is 92.7 Å². The van der Waals surface area contributed by atoms with Gasteiger partial charge in [0.1, 0.15) is 0 Å². The molecule has 0 saturated heterocycles. The molecule has 0 aromatic carbocycles. The molecule has 5 heteroatoms.